The Hall–Kier alpha value is -3.75. The first-order chi connectivity index (χ1) is 19.8. The summed E-state index contributed by atoms with van der Waals surface area (Å²) >= 11 is 0. The molecule has 3 aromatic rings. The number of fused-ring (bicyclic) bond motifs is 1. The van der Waals surface area contributed by atoms with Crippen LogP contribution in [-0.4, -0.2) is 54.2 Å². The highest BCUT2D eigenvalue weighted by Gasteiger charge is 2.42. The number of aryl methyl sites for hydroxylation is 1. The lowest BCUT2D eigenvalue weighted by Gasteiger charge is -2.39. The first-order valence-corrected chi connectivity index (χ1v) is 17.6. The number of anilines is 3. The lowest BCUT2D eigenvalue weighted by molar-refractivity contribution is 0.0957. The van der Waals surface area contributed by atoms with E-state index >= 15 is 0 Å². The SMILES string of the molecule is CNC(=O)c1cc(Nc2nccc(-c3cc(C#N)c4c(c3)[C@@](C)(CO[Si](C)(C)C(C)(C)C)CN4)n2)n(CCC2CC2)n1. The number of nitrogens with one attached hydrogen (secondary N) is 3. The van der Waals surface area contributed by atoms with Crippen molar-refractivity contribution < 1.29 is 9.22 Å². The smallest absolute Gasteiger partial charge is 0.271 e. The molecule has 1 atom stereocenters. The highest BCUT2D eigenvalue weighted by Crippen LogP contribution is 2.44. The third-order valence-corrected chi connectivity index (χ3v) is 13.5. The zero-order valence-corrected chi connectivity index (χ0v) is 26.8. The number of amides is 1. The van der Waals surface area contributed by atoms with Gasteiger partial charge in [0, 0.05) is 50.0 Å². The van der Waals surface area contributed by atoms with Crippen molar-refractivity contribution in [3.8, 4) is 17.3 Å². The second kappa shape index (κ2) is 11.2. The van der Waals surface area contributed by atoms with Crippen molar-refractivity contribution in [1.82, 2.24) is 25.1 Å². The average Bonchev–Trinajstić information content (AvgIpc) is 3.62. The van der Waals surface area contributed by atoms with E-state index in [4.69, 9.17) is 9.41 Å². The van der Waals surface area contributed by atoms with Crippen LogP contribution in [0.5, 0.6) is 0 Å². The van der Waals surface area contributed by atoms with Crippen LogP contribution in [0.1, 0.15) is 68.6 Å². The molecule has 1 aromatic carbocycles. The minimum absolute atomic E-state index is 0.108. The summed E-state index contributed by atoms with van der Waals surface area (Å²) in [6.07, 6.45) is 5.22. The van der Waals surface area contributed by atoms with E-state index in [1.54, 1.807) is 19.3 Å². The molecular weight excluding hydrogens is 544 g/mol. The Morgan fingerprint density at radius 1 is 1.29 bits per heavy atom. The summed E-state index contributed by atoms with van der Waals surface area (Å²) in [4.78, 5) is 21.6. The molecule has 0 spiro atoms. The van der Waals surface area contributed by atoms with Crippen molar-refractivity contribution in [1.29, 1.82) is 5.26 Å². The number of carbonyl (C=O) groups is 1. The molecule has 1 fully saturated rings. The summed E-state index contributed by atoms with van der Waals surface area (Å²) in [5.74, 6) is 1.54. The Morgan fingerprint density at radius 3 is 2.71 bits per heavy atom. The maximum absolute atomic E-state index is 12.3. The van der Waals surface area contributed by atoms with Crippen molar-refractivity contribution in [3.63, 3.8) is 0 Å². The third kappa shape index (κ3) is 6.05. The number of benzene rings is 1. The van der Waals surface area contributed by atoms with Gasteiger partial charge in [0.15, 0.2) is 14.0 Å². The van der Waals surface area contributed by atoms with Gasteiger partial charge in [-0.2, -0.15) is 10.4 Å². The van der Waals surface area contributed by atoms with Gasteiger partial charge in [0.05, 0.1) is 16.9 Å². The topological polar surface area (TPSA) is 130 Å². The molecule has 0 radical (unpaired) electrons. The molecule has 2 aromatic heterocycles. The summed E-state index contributed by atoms with van der Waals surface area (Å²) in [5.41, 5.74) is 4.11. The minimum atomic E-state index is -1.96. The molecule has 2 aliphatic rings. The van der Waals surface area contributed by atoms with Gasteiger partial charge in [-0.15, -0.1) is 0 Å². The quantitative estimate of drug-likeness (QED) is 0.253. The third-order valence-electron chi connectivity index (χ3n) is 9.00. The Kier molecular flexibility index (Phi) is 7.89. The van der Waals surface area contributed by atoms with Crippen LogP contribution in [0, 0.1) is 17.2 Å². The van der Waals surface area contributed by atoms with Crippen molar-refractivity contribution in [3.05, 3.63) is 47.3 Å². The fourth-order valence-corrected chi connectivity index (χ4v) is 6.05. The number of hydrogen-bond donors (Lipinski definition) is 3. The molecule has 1 amide bonds. The van der Waals surface area contributed by atoms with Crippen LogP contribution in [0.3, 0.4) is 0 Å². The number of nitrogens with zero attached hydrogens (tertiary/aromatic N) is 5. The monoisotopic (exact) mass is 586 g/mol. The Bertz CT molecular complexity index is 1530. The largest absolute Gasteiger partial charge is 0.416 e. The summed E-state index contributed by atoms with van der Waals surface area (Å²) in [6.45, 7) is 15.4. The molecule has 3 heterocycles. The fraction of sp³-hybridized carbons (Fsp3) is 0.516. The molecule has 10 nitrogen and oxygen atoms in total. The number of nitriles is 1. The summed E-state index contributed by atoms with van der Waals surface area (Å²) in [5, 5.41) is 24.1. The minimum Gasteiger partial charge on any atom is -0.416 e. The van der Waals surface area contributed by atoms with E-state index in [-0.39, 0.29) is 16.4 Å². The van der Waals surface area contributed by atoms with E-state index in [0.29, 0.717) is 48.4 Å². The van der Waals surface area contributed by atoms with Gasteiger partial charge in [0.2, 0.25) is 5.95 Å². The molecule has 0 bridgehead atoms. The molecular formula is C31H42N8O2Si. The van der Waals surface area contributed by atoms with Gasteiger partial charge < -0.3 is 20.4 Å². The van der Waals surface area contributed by atoms with Gasteiger partial charge in [-0.1, -0.05) is 40.5 Å². The van der Waals surface area contributed by atoms with E-state index < -0.39 is 8.32 Å². The molecule has 222 valence electrons. The van der Waals surface area contributed by atoms with Crippen LogP contribution < -0.4 is 16.0 Å². The van der Waals surface area contributed by atoms with Gasteiger partial charge in [-0.25, -0.2) is 14.6 Å². The molecule has 1 aliphatic heterocycles. The standard InChI is InChI=1S/C31H42N8O2Si/c1-30(2,3)42(6,7)41-19-31(4)18-35-27-22(17-32)14-21(15-23(27)31)24-10-12-34-29(36-24)37-26-16-25(28(40)33-5)38-39(26)13-11-20-8-9-20/h10,12,14-16,20,35H,8-9,11,13,18-19H2,1-7H3,(H,33,40)(H,34,36,37)/t31-/m1/s1. The maximum Gasteiger partial charge on any atom is 0.271 e. The second-order valence-electron chi connectivity index (χ2n) is 13.4. The van der Waals surface area contributed by atoms with Crippen molar-refractivity contribution in [2.75, 3.05) is 30.8 Å². The van der Waals surface area contributed by atoms with Crippen molar-refractivity contribution in [2.45, 2.75) is 77.0 Å². The molecule has 0 saturated heterocycles. The van der Waals surface area contributed by atoms with Crippen LogP contribution in [0.15, 0.2) is 30.5 Å². The number of aromatic nitrogens is 4. The summed E-state index contributed by atoms with van der Waals surface area (Å²) in [7, 11) is -0.366. The molecule has 1 aliphatic carbocycles. The van der Waals surface area contributed by atoms with Gasteiger partial charge in [0.25, 0.3) is 5.91 Å². The Labute approximate surface area is 249 Å². The molecule has 42 heavy (non-hydrogen) atoms. The van der Waals surface area contributed by atoms with E-state index in [0.717, 1.165) is 29.2 Å². The first kappa shape index (κ1) is 29.7. The van der Waals surface area contributed by atoms with Gasteiger partial charge in [0.1, 0.15) is 11.9 Å². The predicted octanol–water partition coefficient (Wildman–Crippen LogP) is 5.82. The number of hydrogen-bond acceptors (Lipinski definition) is 8. The van der Waals surface area contributed by atoms with Gasteiger partial charge in [-0.3, -0.25) is 4.79 Å². The van der Waals surface area contributed by atoms with E-state index in [2.05, 4.69) is 79.0 Å². The first-order valence-electron chi connectivity index (χ1n) is 14.7. The maximum atomic E-state index is 12.3. The van der Waals surface area contributed by atoms with Crippen LogP contribution >= 0.6 is 0 Å². The van der Waals surface area contributed by atoms with Gasteiger partial charge >= 0.3 is 0 Å². The number of rotatable bonds is 10. The lowest BCUT2D eigenvalue weighted by atomic mass is 9.83. The van der Waals surface area contributed by atoms with Crippen LogP contribution in [0.25, 0.3) is 11.3 Å². The highest BCUT2D eigenvalue weighted by atomic mass is 28.4. The predicted molar refractivity (Wildman–Crippen MR) is 167 cm³/mol. The van der Waals surface area contributed by atoms with E-state index in [1.165, 1.54) is 12.8 Å². The fourth-order valence-electron chi connectivity index (χ4n) is 4.94. The van der Waals surface area contributed by atoms with Gasteiger partial charge in [-0.05, 0) is 54.2 Å². The molecule has 0 unspecified atom stereocenters. The summed E-state index contributed by atoms with van der Waals surface area (Å²) < 4.78 is 8.48. The Balaban J connectivity index is 1.44. The molecule has 5 rings (SSSR count). The Morgan fingerprint density at radius 2 is 2.05 bits per heavy atom. The van der Waals surface area contributed by atoms with Crippen molar-refractivity contribution >= 4 is 31.7 Å². The van der Waals surface area contributed by atoms with Crippen LogP contribution in [0.4, 0.5) is 17.5 Å². The second-order valence-corrected chi connectivity index (χ2v) is 18.2. The molecule has 11 heteroatoms. The zero-order valence-electron chi connectivity index (χ0n) is 25.8. The molecule has 1 saturated carbocycles. The zero-order chi connectivity index (χ0) is 30.3. The van der Waals surface area contributed by atoms with Crippen molar-refractivity contribution in [2.24, 2.45) is 5.92 Å². The summed E-state index contributed by atoms with van der Waals surface area (Å²) in [6, 6.07) is 9.95. The molecule has 3 N–H and O–H groups in total. The highest BCUT2D eigenvalue weighted by molar-refractivity contribution is 6.74. The lowest BCUT2D eigenvalue weighted by Crippen LogP contribution is -2.45. The normalized spacial score (nSPS) is 18.2. The van der Waals surface area contributed by atoms with Crippen LogP contribution in [-0.2, 0) is 16.4 Å². The van der Waals surface area contributed by atoms with Crippen LogP contribution in [0.2, 0.25) is 18.1 Å². The van der Waals surface area contributed by atoms with E-state index in [1.807, 2.05) is 16.8 Å². The van der Waals surface area contributed by atoms with E-state index in [9.17, 15) is 10.1 Å². The average molecular weight is 587 g/mol. The number of carbonyl (C=O) groups excluding carboxylic acids is 1.